The number of hydrogen-bond acceptors (Lipinski definition) is 4. The molecule has 0 spiro atoms. The summed E-state index contributed by atoms with van der Waals surface area (Å²) in [5.41, 5.74) is 0. The van der Waals surface area contributed by atoms with Crippen molar-refractivity contribution in [3.63, 3.8) is 0 Å². The summed E-state index contributed by atoms with van der Waals surface area (Å²) < 4.78 is 0. The second kappa shape index (κ2) is 5.30. The maximum Gasteiger partial charge on any atom is 0.349 e. The maximum absolute atomic E-state index is 11.7. The molecule has 2 rings (SSSR count). The first-order valence-electron chi connectivity index (χ1n) is 6.03. The summed E-state index contributed by atoms with van der Waals surface area (Å²) in [6, 6.07) is -0.226. The third-order valence-corrected chi connectivity index (χ3v) is 3.08. The number of carbonyl (C=O) groups excluding carboxylic acids is 2. The van der Waals surface area contributed by atoms with Crippen LogP contribution in [0.15, 0.2) is 0 Å². The molecule has 1 N–H and O–H groups in total. The van der Waals surface area contributed by atoms with Crippen LogP contribution in [0.1, 0.15) is 38.5 Å². The van der Waals surface area contributed by atoms with E-state index >= 15 is 0 Å². The van der Waals surface area contributed by atoms with Gasteiger partial charge in [-0.05, 0) is 32.2 Å². The third-order valence-electron chi connectivity index (χ3n) is 3.08. The molecule has 1 unspecified atom stereocenters. The first-order valence-corrected chi connectivity index (χ1v) is 6.03. The summed E-state index contributed by atoms with van der Waals surface area (Å²) in [5.74, 6) is -0.378. The Morgan fingerprint density at radius 3 is 2.94 bits per heavy atom. The van der Waals surface area contributed by atoms with Crippen LogP contribution in [-0.4, -0.2) is 36.1 Å². The van der Waals surface area contributed by atoms with E-state index in [0.717, 1.165) is 38.6 Å². The Bertz CT molecular complexity index is 274. The highest BCUT2D eigenvalue weighted by Crippen LogP contribution is 2.13. The number of hydrogen-bond donors (Lipinski definition) is 1. The fourth-order valence-corrected chi connectivity index (χ4v) is 2.11. The van der Waals surface area contributed by atoms with Gasteiger partial charge < -0.3 is 10.2 Å². The van der Waals surface area contributed by atoms with Gasteiger partial charge in [0.1, 0.15) is 6.04 Å². The minimum atomic E-state index is -0.312. The van der Waals surface area contributed by atoms with Crippen LogP contribution in [0.4, 0.5) is 0 Å². The van der Waals surface area contributed by atoms with Gasteiger partial charge in [-0.3, -0.25) is 4.79 Å². The molecule has 1 atom stereocenters. The quantitative estimate of drug-likeness (QED) is 0.749. The number of amides is 1. The fraction of sp³-hybridized carbons (Fsp3) is 0.818. The van der Waals surface area contributed by atoms with Gasteiger partial charge in [-0.15, -0.1) is 0 Å². The van der Waals surface area contributed by atoms with Crippen LogP contribution in [0.25, 0.3) is 0 Å². The van der Waals surface area contributed by atoms with Crippen LogP contribution in [0, 0.1) is 0 Å². The lowest BCUT2D eigenvalue weighted by Gasteiger charge is -2.20. The van der Waals surface area contributed by atoms with E-state index in [4.69, 9.17) is 4.84 Å². The molecular formula is C11H18N2O3. The summed E-state index contributed by atoms with van der Waals surface area (Å²) in [4.78, 5) is 28.4. The number of rotatable bonds is 2. The average Bonchev–Trinajstić information content (AvgIpc) is 2.73. The SMILES string of the molecule is O=C(ON1CCCCCC1=O)C1CCCN1. The van der Waals surface area contributed by atoms with Gasteiger partial charge in [0, 0.05) is 6.42 Å². The molecular weight excluding hydrogens is 208 g/mol. The third kappa shape index (κ3) is 2.72. The Balaban J connectivity index is 1.86. The van der Waals surface area contributed by atoms with Crippen LogP contribution in [-0.2, 0) is 14.4 Å². The van der Waals surface area contributed by atoms with Crippen molar-refractivity contribution < 1.29 is 14.4 Å². The van der Waals surface area contributed by atoms with Gasteiger partial charge in [0.15, 0.2) is 0 Å². The number of hydroxylamine groups is 2. The lowest BCUT2D eigenvalue weighted by Crippen LogP contribution is -2.40. The first kappa shape index (κ1) is 11.4. The average molecular weight is 226 g/mol. The van der Waals surface area contributed by atoms with E-state index < -0.39 is 0 Å². The summed E-state index contributed by atoms with van der Waals surface area (Å²) >= 11 is 0. The van der Waals surface area contributed by atoms with Crippen molar-refractivity contribution >= 4 is 11.9 Å². The molecule has 2 heterocycles. The van der Waals surface area contributed by atoms with Gasteiger partial charge >= 0.3 is 5.97 Å². The van der Waals surface area contributed by atoms with Gasteiger partial charge in [-0.25, -0.2) is 4.79 Å². The van der Waals surface area contributed by atoms with E-state index in [2.05, 4.69) is 5.32 Å². The molecule has 0 aromatic rings. The topological polar surface area (TPSA) is 58.6 Å². The fourth-order valence-electron chi connectivity index (χ4n) is 2.11. The molecule has 0 aromatic carbocycles. The zero-order valence-electron chi connectivity index (χ0n) is 9.41. The standard InChI is InChI=1S/C11H18N2O3/c14-10-6-2-1-3-8-13(10)16-11(15)9-5-4-7-12-9/h9,12H,1-8H2. The number of nitrogens with zero attached hydrogens (tertiary/aromatic N) is 1. The molecule has 2 aliphatic heterocycles. The first-order chi connectivity index (χ1) is 7.77. The second-order valence-corrected chi connectivity index (χ2v) is 4.37. The molecule has 2 saturated heterocycles. The molecule has 0 saturated carbocycles. The van der Waals surface area contributed by atoms with Gasteiger partial charge in [0.05, 0.1) is 6.54 Å². The molecule has 5 heteroatoms. The van der Waals surface area contributed by atoms with Gasteiger partial charge in [0.2, 0.25) is 0 Å². The van der Waals surface area contributed by atoms with E-state index in [1.165, 1.54) is 5.06 Å². The largest absolute Gasteiger partial charge is 0.349 e. The predicted molar refractivity (Wildman–Crippen MR) is 57.3 cm³/mol. The Morgan fingerprint density at radius 2 is 2.19 bits per heavy atom. The van der Waals surface area contributed by atoms with Crippen molar-refractivity contribution in [1.29, 1.82) is 0 Å². The van der Waals surface area contributed by atoms with Crippen molar-refractivity contribution in [3.05, 3.63) is 0 Å². The van der Waals surface area contributed by atoms with Crippen molar-refractivity contribution in [1.82, 2.24) is 10.4 Å². The van der Waals surface area contributed by atoms with Crippen LogP contribution >= 0.6 is 0 Å². The number of carbonyl (C=O) groups is 2. The Labute approximate surface area is 95.1 Å². The van der Waals surface area contributed by atoms with Crippen molar-refractivity contribution in [2.24, 2.45) is 0 Å². The van der Waals surface area contributed by atoms with Crippen LogP contribution in [0.2, 0.25) is 0 Å². The van der Waals surface area contributed by atoms with Gasteiger partial charge in [-0.1, -0.05) is 6.42 Å². The predicted octanol–water partition coefficient (Wildman–Crippen LogP) is 0.599. The van der Waals surface area contributed by atoms with Crippen LogP contribution < -0.4 is 5.32 Å². The monoisotopic (exact) mass is 226 g/mol. The van der Waals surface area contributed by atoms with Crippen molar-refractivity contribution in [2.75, 3.05) is 13.1 Å². The molecule has 90 valence electrons. The Morgan fingerprint density at radius 1 is 1.31 bits per heavy atom. The van der Waals surface area contributed by atoms with E-state index in [0.29, 0.717) is 13.0 Å². The molecule has 0 aliphatic carbocycles. The zero-order chi connectivity index (χ0) is 11.4. The highest BCUT2D eigenvalue weighted by atomic mass is 16.7. The molecule has 0 radical (unpaired) electrons. The number of nitrogens with one attached hydrogen (secondary N) is 1. The molecule has 2 fully saturated rings. The second-order valence-electron chi connectivity index (χ2n) is 4.37. The van der Waals surface area contributed by atoms with E-state index in [1.54, 1.807) is 0 Å². The molecule has 5 nitrogen and oxygen atoms in total. The van der Waals surface area contributed by atoms with E-state index in [1.807, 2.05) is 0 Å². The minimum absolute atomic E-state index is 0.0659. The lowest BCUT2D eigenvalue weighted by atomic mass is 10.2. The molecule has 0 bridgehead atoms. The molecule has 1 amide bonds. The Kier molecular flexibility index (Phi) is 3.77. The highest BCUT2D eigenvalue weighted by molar-refractivity contribution is 5.80. The van der Waals surface area contributed by atoms with Gasteiger partial charge in [-0.2, -0.15) is 5.06 Å². The van der Waals surface area contributed by atoms with Crippen LogP contribution in [0.3, 0.4) is 0 Å². The summed E-state index contributed by atoms with van der Waals surface area (Å²) in [6.07, 6.45) is 5.13. The Hall–Kier alpha value is -1.10. The molecule has 2 aliphatic rings. The zero-order valence-corrected chi connectivity index (χ0v) is 9.41. The summed E-state index contributed by atoms with van der Waals surface area (Å²) in [5, 5.41) is 4.31. The smallest absolute Gasteiger partial charge is 0.336 e. The van der Waals surface area contributed by atoms with E-state index in [9.17, 15) is 9.59 Å². The summed E-state index contributed by atoms with van der Waals surface area (Å²) in [7, 11) is 0. The molecule has 16 heavy (non-hydrogen) atoms. The van der Waals surface area contributed by atoms with E-state index in [-0.39, 0.29) is 17.9 Å². The van der Waals surface area contributed by atoms with Crippen molar-refractivity contribution in [2.45, 2.75) is 44.6 Å². The summed E-state index contributed by atoms with van der Waals surface area (Å²) in [6.45, 7) is 1.39. The van der Waals surface area contributed by atoms with Crippen molar-refractivity contribution in [3.8, 4) is 0 Å². The normalized spacial score (nSPS) is 26.6. The highest BCUT2D eigenvalue weighted by Gasteiger charge is 2.28. The minimum Gasteiger partial charge on any atom is -0.336 e. The molecule has 0 aromatic heterocycles. The van der Waals surface area contributed by atoms with Crippen LogP contribution in [0.5, 0.6) is 0 Å². The van der Waals surface area contributed by atoms with Gasteiger partial charge in [0.25, 0.3) is 5.91 Å². The maximum atomic E-state index is 11.7. The lowest BCUT2D eigenvalue weighted by molar-refractivity contribution is -0.199.